The van der Waals surface area contributed by atoms with E-state index in [-0.39, 0.29) is 31.1 Å². The van der Waals surface area contributed by atoms with Crippen LogP contribution in [0.15, 0.2) is 0 Å². The van der Waals surface area contributed by atoms with E-state index in [0.717, 1.165) is 0 Å². The molecular weight excluding hydrogens is 331 g/mol. The summed E-state index contributed by atoms with van der Waals surface area (Å²) in [4.78, 5) is 12.0. The maximum absolute atomic E-state index is 12.2. The Morgan fingerprint density at radius 3 is 2.42 bits per heavy atom. The summed E-state index contributed by atoms with van der Waals surface area (Å²) in [6.07, 6.45) is -4.34. The molecule has 0 radical (unpaired) electrons. The maximum atomic E-state index is 12.2. The Balaban J connectivity index is 1.70. The first kappa shape index (κ1) is 19.2. The molecule has 1 aliphatic heterocycles. The van der Waals surface area contributed by atoms with Crippen LogP contribution < -0.4 is 26.7 Å². The van der Waals surface area contributed by atoms with Crippen molar-refractivity contribution < 1.29 is 27.9 Å². The van der Waals surface area contributed by atoms with Crippen LogP contribution in [0.1, 0.15) is 39.0 Å². The van der Waals surface area contributed by atoms with Crippen molar-refractivity contribution in [2.45, 2.75) is 76.0 Å². The van der Waals surface area contributed by atoms with Crippen molar-refractivity contribution in [3.63, 3.8) is 0 Å². The van der Waals surface area contributed by atoms with Crippen molar-refractivity contribution in [1.82, 2.24) is 26.7 Å². The summed E-state index contributed by atoms with van der Waals surface area (Å²) in [6.45, 7) is 1.92. The third-order valence-electron chi connectivity index (χ3n) is 4.15. The van der Waals surface area contributed by atoms with Crippen molar-refractivity contribution in [3.8, 4) is 0 Å². The molecule has 2 amide bonds. The van der Waals surface area contributed by atoms with Crippen LogP contribution in [0, 0.1) is 0 Å². The highest BCUT2D eigenvalue weighted by atomic mass is 19.4. The second-order valence-electron chi connectivity index (χ2n) is 6.24. The number of hydrogen-bond donors (Lipinski definition) is 6. The van der Waals surface area contributed by atoms with E-state index in [1.54, 1.807) is 0 Å². The van der Waals surface area contributed by atoms with Gasteiger partial charge in [0.05, 0.1) is 12.3 Å². The molecule has 140 valence electrons. The molecule has 24 heavy (non-hydrogen) atoms. The van der Waals surface area contributed by atoms with Crippen LogP contribution in [-0.2, 0) is 4.74 Å². The normalized spacial score (nSPS) is 34.6. The van der Waals surface area contributed by atoms with Gasteiger partial charge in [0.15, 0.2) is 0 Å². The Kier molecular flexibility index (Phi) is 6.63. The average Bonchev–Trinajstić information content (AvgIpc) is 2.47. The number of urea groups is 1. The molecule has 2 fully saturated rings. The number of alkyl halides is 3. The van der Waals surface area contributed by atoms with Gasteiger partial charge >= 0.3 is 12.4 Å². The van der Waals surface area contributed by atoms with Gasteiger partial charge in [0.2, 0.25) is 0 Å². The van der Waals surface area contributed by atoms with E-state index in [9.17, 15) is 18.0 Å². The van der Waals surface area contributed by atoms with Crippen LogP contribution in [0.5, 0.6) is 0 Å². The molecule has 1 saturated carbocycles. The predicted molar refractivity (Wildman–Crippen MR) is 77.7 cm³/mol. The van der Waals surface area contributed by atoms with E-state index >= 15 is 0 Å². The first-order chi connectivity index (χ1) is 11.2. The fourth-order valence-electron chi connectivity index (χ4n) is 3.07. The zero-order valence-corrected chi connectivity index (χ0v) is 13.3. The molecule has 0 aromatic heterocycles. The van der Waals surface area contributed by atoms with Gasteiger partial charge in [0.25, 0.3) is 0 Å². The fourth-order valence-corrected chi connectivity index (χ4v) is 3.07. The highest BCUT2D eigenvalue weighted by molar-refractivity contribution is 5.74. The summed E-state index contributed by atoms with van der Waals surface area (Å²) in [5, 5.41) is 20.4. The molecule has 8 nitrogen and oxygen atoms in total. The highest BCUT2D eigenvalue weighted by Gasteiger charge is 2.35. The lowest BCUT2D eigenvalue weighted by Crippen LogP contribution is -2.68. The van der Waals surface area contributed by atoms with Crippen molar-refractivity contribution in [3.05, 3.63) is 0 Å². The Bertz CT molecular complexity index is 418. The van der Waals surface area contributed by atoms with Gasteiger partial charge in [0, 0.05) is 12.1 Å². The Morgan fingerprint density at radius 2 is 1.83 bits per heavy atom. The van der Waals surface area contributed by atoms with Crippen LogP contribution in [-0.4, -0.2) is 48.2 Å². The summed E-state index contributed by atoms with van der Waals surface area (Å²) < 4.78 is 40.5. The summed E-state index contributed by atoms with van der Waals surface area (Å²) in [5.74, 6) is 0. The lowest BCUT2D eigenvalue weighted by Gasteiger charge is -2.36. The summed E-state index contributed by atoms with van der Waals surface area (Å²) in [5.41, 5.74) is 2.11. The van der Waals surface area contributed by atoms with Crippen molar-refractivity contribution in [2.75, 3.05) is 0 Å². The van der Waals surface area contributed by atoms with Gasteiger partial charge in [0.1, 0.15) is 6.29 Å². The standard InChI is InChI=1S/C13H24F3N5O3/c1-7-6-10(21-23)19-11(17-7)20-12(22)18-8-2-4-9(5-3-8)24-13(14,15)16/h7-11,17,19,21,23H,2-6H2,1H3,(H2,18,20,22). The first-order valence-corrected chi connectivity index (χ1v) is 7.98. The van der Waals surface area contributed by atoms with Crippen molar-refractivity contribution in [2.24, 2.45) is 0 Å². The van der Waals surface area contributed by atoms with E-state index in [4.69, 9.17) is 5.21 Å². The molecular formula is C13H24F3N5O3. The molecule has 2 aliphatic rings. The summed E-state index contributed by atoms with van der Waals surface area (Å²) in [6, 6.07) is -0.534. The third-order valence-corrected chi connectivity index (χ3v) is 4.15. The molecule has 1 heterocycles. The lowest BCUT2D eigenvalue weighted by atomic mass is 9.93. The number of halogens is 3. The van der Waals surface area contributed by atoms with E-state index in [1.165, 1.54) is 0 Å². The van der Waals surface area contributed by atoms with Gasteiger partial charge in [-0.05, 0) is 39.0 Å². The number of carbonyl (C=O) groups excluding carboxylic acids is 1. The Labute approximate surface area is 137 Å². The highest BCUT2D eigenvalue weighted by Crippen LogP contribution is 2.27. The van der Waals surface area contributed by atoms with Crippen LogP contribution in [0.2, 0.25) is 0 Å². The van der Waals surface area contributed by atoms with Gasteiger partial charge in [-0.25, -0.2) is 4.79 Å². The van der Waals surface area contributed by atoms with Crippen LogP contribution in [0.25, 0.3) is 0 Å². The van der Waals surface area contributed by atoms with Gasteiger partial charge < -0.3 is 15.8 Å². The van der Waals surface area contributed by atoms with Crippen molar-refractivity contribution >= 4 is 6.03 Å². The number of ether oxygens (including phenoxy) is 1. The topological polar surface area (TPSA) is 107 Å². The summed E-state index contributed by atoms with van der Waals surface area (Å²) >= 11 is 0. The quantitative estimate of drug-likeness (QED) is 0.415. The smallest absolute Gasteiger partial charge is 0.335 e. The molecule has 0 aromatic rings. The van der Waals surface area contributed by atoms with Gasteiger partial charge in [-0.2, -0.15) is 5.48 Å². The minimum absolute atomic E-state index is 0.0798. The monoisotopic (exact) mass is 355 g/mol. The van der Waals surface area contributed by atoms with Gasteiger partial charge in [-0.15, -0.1) is 13.2 Å². The summed E-state index contributed by atoms with van der Waals surface area (Å²) in [7, 11) is 0. The molecule has 3 unspecified atom stereocenters. The number of amides is 2. The third kappa shape index (κ3) is 6.40. The fraction of sp³-hybridized carbons (Fsp3) is 0.923. The second-order valence-corrected chi connectivity index (χ2v) is 6.24. The second kappa shape index (κ2) is 8.30. The number of hydrogen-bond acceptors (Lipinski definition) is 6. The minimum Gasteiger partial charge on any atom is -0.335 e. The van der Waals surface area contributed by atoms with E-state index in [1.807, 2.05) is 6.92 Å². The zero-order chi connectivity index (χ0) is 17.7. The van der Waals surface area contributed by atoms with Crippen LogP contribution >= 0.6 is 0 Å². The Hall–Kier alpha value is -1.14. The molecule has 0 aromatic carbocycles. The molecule has 6 N–H and O–H groups in total. The van der Waals surface area contributed by atoms with E-state index < -0.39 is 24.8 Å². The molecule has 2 rings (SSSR count). The molecule has 0 spiro atoms. The molecule has 1 saturated heterocycles. The van der Waals surface area contributed by atoms with E-state index in [2.05, 4.69) is 31.5 Å². The van der Waals surface area contributed by atoms with E-state index in [0.29, 0.717) is 19.3 Å². The van der Waals surface area contributed by atoms with Crippen LogP contribution in [0.4, 0.5) is 18.0 Å². The number of carbonyl (C=O) groups is 1. The average molecular weight is 355 g/mol. The zero-order valence-electron chi connectivity index (χ0n) is 13.3. The number of rotatable bonds is 4. The number of hydroxylamine groups is 1. The minimum atomic E-state index is -4.62. The van der Waals surface area contributed by atoms with Gasteiger partial charge in [-0.3, -0.25) is 15.4 Å². The molecule has 3 atom stereocenters. The largest absolute Gasteiger partial charge is 0.522 e. The van der Waals surface area contributed by atoms with Crippen LogP contribution in [0.3, 0.4) is 0 Å². The molecule has 0 bridgehead atoms. The first-order valence-electron chi connectivity index (χ1n) is 7.98. The predicted octanol–water partition coefficient (Wildman–Crippen LogP) is 0.693. The lowest BCUT2D eigenvalue weighted by molar-refractivity contribution is -0.345. The molecule has 11 heteroatoms. The molecule has 1 aliphatic carbocycles. The SMILES string of the molecule is CC1CC(NO)NC(NC(=O)NC2CCC(OC(F)(F)F)CC2)N1. The Morgan fingerprint density at radius 1 is 1.17 bits per heavy atom. The van der Waals surface area contributed by atoms with Gasteiger partial charge in [-0.1, -0.05) is 0 Å². The van der Waals surface area contributed by atoms with Crippen molar-refractivity contribution in [1.29, 1.82) is 0 Å². The maximum Gasteiger partial charge on any atom is 0.522 e. The number of nitrogens with one attached hydrogen (secondary N) is 5.